The molecule has 0 aliphatic heterocycles. The molecule has 0 spiro atoms. The zero-order chi connectivity index (χ0) is 14.6. The third-order valence-corrected chi connectivity index (χ3v) is 4.45. The first-order valence-electron chi connectivity index (χ1n) is 5.83. The van der Waals surface area contributed by atoms with Crippen molar-refractivity contribution in [2.45, 2.75) is 24.5 Å². The zero-order valence-corrected chi connectivity index (χ0v) is 12.0. The van der Waals surface area contributed by atoms with Crippen molar-refractivity contribution in [3.8, 4) is 0 Å². The lowest BCUT2D eigenvalue weighted by atomic mass is 10.2. The van der Waals surface area contributed by atoms with Crippen molar-refractivity contribution in [3.63, 3.8) is 0 Å². The quantitative estimate of drug-likeness (QED) is 0.802. The summed E-state index contributed by atoms with van der Waals surface area (Å²) in [6, 6.07) is 3.29. The van der Waals surface area contributed by atoms with Crippen molar-refractivity contribution >= 4 is 10.0 Å². The SMILES string of the molecule is CC(CNS(=O)(=O)c1cc(F)ccc1CO)N(C)C. The zero-order valence-electron chi connectivity index (χ0n) is 11.2. The maximum absolute atomic E-state index is 13.2. The first kappa shape index (κ1) is 16.0. The molecule has 0 aliphatic carbocycles. The van der Waals surface area contributed by atoms with E-state index >= 15 is 0 Å². The Balaban J connectivity index is 2.97. The highest BCUT2D eigenvalue weighted by molar-refractivity contribution is 7.89. The molecule has 1 atom stereocenters. The summed E-state index contributed by atoms with van der Waals surface area (Å²) in [4.78, 5) is 1.64. The van der Waals surface area contributed by atoms with E-state index in [1.165, 1.54) is 6.07 Å². The number of nitrogens with zero attached hydrogens (tertiary/aromatic N) is 1. The molecule has 1 aromatic rings. The first-order chi connectivity index (χ1) is 8.77. The van der Waals surface area contributed by atoms with E-state index in [-0.39, 0.29) is 23.0 Å². The van der Waals surface area contributed by atoms with Crippen molar-refractivity contribution in [3.05, 3.63) is 29.6 Å². The third kappa shape index (κ3) is 4.24. The summed E-state index contributed by atoms with van der Waals surface area (Å²) in [6.45, 7) is 1.61. The number of benzene rings is 1. The molecule has 108 valence electrons. The summed E-state index contributed by atoms with van der Waals surface area (Å²) >= 11 is 0. The lowest BCUT2D eigenvalue weighted by Crippen LogP contribution is -2.38. The molecule has 2 N–H and O–H groups in total. The highest BCUT2D eigenvalue weighted by Crippen LogP contribution is 2.17. The van der Waals surface area contributed by atoms with Crippen LogP contribution in [-0.4, -0.2) is 45.1 Å². The molecule has 1 aromatic carbocycles. The average Bonchev–Trinajstić information content (AvgIpc) is 2.35. The maximum atomic E-state index is 13.2. The minimum Gasteiger partial charge on any atom is -0.392 e. The number of aliphatic hydroxyl groups is 1. The number of likely N-dealkylation sites (N-methyl/N-ethyl adjacent to an activating group) is 1. The van der Waals surface area contributed by atoms with E-state index in [0.29, 0.717) is 0 Å². The lowest BCUT2D eigenvalue weighted by molar-refractivity contribution is 0.278. The van der Waals surface area contributed by atoms with Gasteiger partial charge in [-0.05, 0) is 38.7 Å². The normalized spacial score (nSPS) is 13.8. The largest absolute Gasteiger partial charge is 0.392 e. The lowest BCUT2D eigenvalue weighted by Gasteiger charge is -2.20. The molecular weight excluding hydrogens is 271 g/mol. The van der Waals surface area contributed by atoms with Gasteiger partial charge in [0, 0.05) is 12.6 Å². The summed E-state index contributed by atoms with van der Waals surface area (Å²) in [6.07, 6.45) is 0. The molecule has 1 unspecified atom stereocenters. The molecule has 0 amide bonds. The second-order valence-corrected chi connectivity index (χ2v) is 6.31. The van der Waals surface area contributed by atoms with Crippen LogP contribution in [0.4, 0.5) is 4.39 Å². The van der Waals surface area contributed by atoms with Gasteiger partial charge in [0.2, 0.25) is 10.0 Å². The first-order valence-corrected chi connectivity index (χ1v) is 7.31. The number of hydrogen-bond acceptors (Lipinski definition) is 4. The molecule has 7 heteroatoms. The summed E-state index contributed by atoms with van der Waals surface area (Å²) in [5, 5.41) is 9.12. The van der Waals surface area contributed by atoms with Gasteiger partial charge in [-0.1, -0.05) is 6.07 Å². The van der Waals surface area contributed by atoms with Crippen LogP contribution in [0.5, 0.6) is 0 Å². The van der Waals surface area contributed by atoms with Gasteiger partial charge in [0.1, 0.15) is 5.82 Å². The second kappa shape index (κ2) is 6.42. The number of nitrogens with one attached hydrogen (secondary N) is 1. The predicted molar refractivity (Wildman–Crippen MR) is 70.7 cm³/mol. The molecule has 0 radical (unpaired) electrons. The van der Waals surface area contributed by atoms with Crippen LogP contribution >= 0.6 is 0 Å². The molecule has 0 saturated heterocycles. The van der Waals surface area contributed by atoms with Crippen LogP contribution in [0.3, 0.4) is 0 Å². The van der Waals surface area contributed by atoms with E-state index in [1.807, 2.05) is 25.9 Å². The standard InChI is InChI=1S/C12H19FN2O3S/c1-9(15(2)3)7-14-19(17,18)12-6-11(13)5-4-10(12)8-16/h4-6,9,14,16H,7-8H2,1-3H3. The van der Waals surface area contributed by atoms with Crippen molar-refractivity contribution < 1.29 is 17.9 Å². The third-order valence-electron chi connectivity index (χ3n) is 2.94. The Morgan fingerprint density at radius 1 is 1.42 bits per heavy atom. The maximum Gasteiger partial charge on any atom is 0.241 e. The fourth-order valence-electron chi connectivity index (χ4n) is 1.40. The van der Waals surface area contributed by atoms with E-state index in [0.717, 1.165) is 12.1 Å². The van der Waals surface area contributed by atoms with Crippen molar-refractivity contribution in [2.75, 3.05) is 20.6 Å². The highest BCUT2D eigenvalue weighted by atomic mass is 32.2. The molecule has 5 nitrogen and oxygen atoms in total. The van der Waals surface area contributed by atoms with Crippen LogP contribution in [-0.2, 0) is 16.6 Å². The number of sulfonamides is 1. The molecule has 0 heterocycles. The molecule has 0 bridgehead atoms. The van der Waals surface area contributed by atoms with Gasteiger partial charge in [-0.2, -0.15) is 0 Å². The Kier molecular flexibility index (Phi) is 5.42. The summed E-state index contributed by atoms with van der Waals surface area (Å²) < 4.78 is 39.7. The number of aliphatic hydroxyl groups excluding tert-OH is 1. The van der Waals surface area contributed by atoms with Gasteiger partial charge in [-0.25, -0.2) is 17.5 Å². The Morgan fingerprint density at radius 2 is 2.05 bits per heavy atom. The van der Waals surface area contributed by atoms with Gasteiger partial charge in [0.15, 0.2) is 0 Å². The molecule has 0 aromatic heterocycles. The molecule has 19 heavy (non-hydrogen) atoms. The Bertz CT molecular complexity index is 532. The van der Waals surface area contributed by atoms with E-state index in [2.05, 4.69) is 4.72 Å². The van der Waals surface area contributed by atoms with Gasteiger partial charge in [0.05, 0.1) is 11.5 Å². The van der Waals surface area contributed by atoms with Crippen molar-refractivity contribution in [1.29, 1.82) is 0 Å². The number of halogens is 1. The van der Waals surface area contributed by atoms with Crippen molar-refractivity contribution in [1.82, 2.24) is 9.62 Å². The van der Waals surface area contributed by atoms with E-state index in [1.54, 1.807) is 0 Å². The minimum atomic E-state index is -3.83. The fourth-order valence-corrected chi connectivity index (χ4v) is 2.76. The van der Waals surface area contributed by atoms with Crippen LogP contribution < -0.4 is 4.72 Å². The molecule has 0 fully saturated rings. The molecular formula is C12H19FN2O3S. The van der Waals surface area contributed by atoms with Gasteiger partial charge < -0.3 is 10.0 Å². The molecule has 0 aliphatic rings. The summed E-state index contributed by atoms with van der Waals surface area (Å²) in [5.41, 5.74) is 0.173. The van der Waals surface area contributed by atoms with Crippen molar-refractivity contribution in [2.24, 2.45) is 0 Å². The smallest absolute Gasteiger partial charge is 0.241 e. The van der Waals surface area contributed by atoms with E-state index in [9.17, 15) is 12.8 Å². The topological polar surface area (TPSA) is 69.6 Å². The Morgan fingerprint density at radius 3 is 2.58 bits per heavy atom. The van der Waals surface area contributed by atoms with E-state index in [4.69, 9.17) is 5.11 Å². The molecule has 1 rings (SSSR count). The van der Waals surface area contributed by atoms with Crippen LogP contribution in [0.15, 0.2) is 23.1 Å². The molecule has 0 saturated carbocycles. The second-order valence-electron chi connectivity index (χ2n) is 4.57. The van der Waals surface area contributed by atoms with Crippen LogP contribution in [0.25, 0.3) is 0 Å². The Labute approximate surface area is 113 Å². The van der Waals surface area contributed by atoms with E-state index < -0.39 is 22.4 Å². The van der Waals surface area contributed by atoms with Crippen LogP contribution in [0.1, 0.15) is 12.5 Å². The fraction of sp³-hybridized carbons (Fsp3) is 0.500. The average molecular weight is 290 g/mol. The summed E-state index contributed by atoms with van der Waals surface area (Å²) in [5.74, 6) is -0.654. The van der Waals surface area contributed by atoms with Crippen LogP contribution in [0, 0.1) is 5.82 Å². The van der Waals surface area contributed by atoms with Gasteiger partial charge in [-0.3, -0.25) is 0 Å². The monoisotopic (exact) mass is 290 g/mol. The van der Waals surface area contributed by atoms with Crippen LogP contribution in [0.2, 0.25) is 0 Å². The predicted octanol–water partition coefficient (Wildman–Crippen LogP) is 0.546. The number of rotatable bonds is 6. The van der Waals surface area contributed by atoms with Gasteiger partial charge >= 0.3 is 0 Å². The van der Waals surface area contributed by atoms with Gasteiger partial charge in [-0.15, -0.1) is 0 Å². The Hall–Kier alpha value is -1.02. The minimum absolute atomic E-state index is 0.000843. The summed E-state index contributed by atoms with van der Waals surface area (Å²) in [7, 11) is -0.164. The highest BCUT2D eigenvalue weighted by Gasteiger charge is 2.20. The van der Waals surface area contributed by atoms with Gasteiger partial charge in [0.25, 0.3) is 0 Å². The number of hydrogen-bond donors (Lipinski definition) is 2.